The first-order chi connectivity index (χ1) is 5.70. The molecule has 0 radical (unpaired) electrons. The van der Waals surface area contributed by atoms with Gasteiger partial charge in [0.1, 0.15) is 11.9 Å². The van der Waals surface area contributed by atoms with Crippen LogP contribution in [0.25, 0.3) is 0 Å². The molecule has 1 aliphatic carbocycles. The molecule has 1 aromatic rings. The van der Waals surface area contributed by atoms with E-state index in [1.54, 1.807) is 12.1 Å². The number of phenols is 1. The number of phenolic OH excluding ortho intramolecular Hbond substituents is 1. The van der Waals surface area contributed by atoms with Gasteiger partial charge in [-0.15, -0.1) is 0 Å². The molecule has 1 aromatic carbocycles. The molecule has 12 heavy (non-hydrogen) atoms. The van der Waals surface area contributed by atoms with Gasteiger partial charge in [0, 0.05) is 17.5 Å². The van der Waals surface area contributed by atoms with E-state index in [1.165, 1.54) is 6.07 Å². The number of rotatable bonds is 0. The van der Waals surface area contributed by atoms with Crippen LogP contribution in [-0.2, 0) is 6.42 Å². The third-order valence-electron chi connectivity index (χ3n) is 2.12. The van der Waals surface area contributed by atoms with Crippen LogP contribution in [0.4, 0.5) is 0 Å². The third kappa shape index (κ3) is 0.833. The topological polar surface area (TPSA) is 57.5 Å². The molecule has 0 fully saturated rings. The number of benzene rings is 1. The lowest BCUT2D eigenvalue weighted by atomic mass is 10.1. The summed E-state index contributed by atoms with van der Waals surface area (Å²) < 4.78 is 0. The number of ketones is 1. The fourth-order valence-corrected chi connectivity index (χ4v) is 1.49. The molecule has 0 saturated heterocycles. The summed E-state index contributed by atoms with van der Waals surface area (Å²) in [6.45, 7) is 0. The van der Waals surface area contributed by atoms with Crippen molar-refractivity contribution in [3.63, 3.8) is 0 Å². The Morgan fingerprint density at radius 2 is 2.17 bits per heavy atom. The van der Waals surface area contributed by atoms with Crippen LogP contribution in [0, 0.1) is 0 Å². The van der Waals surface area contributed by atoms with Gasteiger partial charge in [0.15, 0.2) is 5.78 Å². The van der Waals surface area contributed by atoms with Gasteiger partial charge in [-0.05, 0) is 6.07 Å². The van der Waals surface area contributed by atoms with Crippen molar-refractivity contribution in [1.29, 1.82) is 0 Å². The van der Waals surface area contributed by atoms with Crippen LogP contribution < -0.4 is 0 Å². The van der Waals surface area contributed by atoms with Gasteiger partial charge in [-0.25, -0.2) is 0 Å². The minimum atomic E-state index is -0.965. The molecule has 0 aromatic heterocycles. The summed E-state index contributed by atoms with van der Waals surface area (Å²) in [5.74, 6) is -0.196. The van der Waals surface area contributed by atoms with E-state index < -0.39 is 6.10 Å². The van der Waals surface area contributed by atoms with Gasteiger partial charge < -0.3 is 10.2 Å². The normalized spacial score (nSPS) is 21.1. The number of aromatic hydroxyl groups is 1. The summed E-state index contributed by atoms with van der Waals surface area (Å²) in [6, 6.07) is 4.74. The third-order valence-corrected chi connectivity index (χ3v) is 2.12. The Bertz CT molecular complexity index is 344. The SMILES string of the molecule is O=C1c2cccc(O)c2CC1O. The fourth-order valence-electron chi connectivity index (χ4n) is 1.49. The van der Waals surface area contributed by atoms with E-state index in [4.69, 9.17) is 0 Å². The Kier molecular flexibility index (Phi) is 1.41. The Morgan fingerprint density at radius 1 is 1.42 bits per heavy atom. The van der Waals surface area contributed by atoms with Crippen LogP contribution in [0.2, 0.25) is 0 Å². The van der Waals surface area contributed by atoms with E-state index in [0.717, 1.165) is 0 Å². The maximum Gasteiger partial charge on any atom is 0.192 e. The molecule has 3 nitrogen and oxygen atoms in total. The molecule has 0 amide bonds. The lowest BCUT2D eigenvalue weighted by Gasteiger charge is -1.97. The highest BCUT2D eigenvalue weighted by atomic mass is 16.3. The lowest BCUT2D eigenvalue weighted by Crippen LogP contribution is -2.13. The van der Waals surface area contributed by atoms with Gasteiger partial charge in [-0.3, -0.25) is 4.79 Å². The van der Waals surface area contributed by atoms with Gasteiger partial charge in [0.05, 0.1) is 0 Å². The Balaban J connectivity index is 2.61. The number of carbonyl (C=O) groups excluding carboxylic acids is 1. The highest BCUT2D eigenvalue weighted by Gasteiger charge is 2.30. The molecule has 1 atom stereocenters. The van der Waals surface area contributed by atoms with E-state index in [-0.39, 0.29) is 18.0 Å². The molecular formula is C9H8O3. The van der Waals surface area contributed by atoms with E-state index in [2.05, 4.69) is 0 Å². The van der Waals surface area contributed by atoms with Crippen molar-refractivity contribution in [3.8, 4) is 5.75 Å². The van der Waals surface area contributed by atoms with E-state index in [0.29, 0.717) is 11.1 Å². The molecular weight excluding hydrogens is 156 g/mol. The summed E-state index contributed by atoms with van der Waals surface area (Å²) in [7, 11) is 0. The average Bonchev–Trinajstić information content (AvgIpc) is 2.32. The van der Waals surface area contributed by atoms with Crippen molar-refractivity contribution in [3.05, 3.63) is 29.3 Å². The first-order valence-corrected chi connectivity index (χ1v) is 3.73. The van der Waals surface area contributed by atoms with Crippen molar-refractivity contribution < 1.29 is 15.0 Å². The molecule has 1 unspecified atom stereocenters. The number of hydrogen-bond acceptors (Lipinski definition) is 3. The predicted molar refractivity (Wildman–Crippen MR) is 42.1 cm³/mol. The Morgan fingerprint density at radius 3 is 2.83 bits per heavy atom. The van der Waals surface area contributed by atoms with Crippen molar-refractivity contribution in [2.75, 3.05) is 0 Å². The van der Waals surface area contributed by atoms with Gasteiger partial charge in [0.2, 0.25) is 0 Å². The van der Waals surface area contributed by atoms with Crippen LogP contribution in [-0.4, -0.2) is 22.1 Å². The highest BCUT2D eigenvalue weighted by molar-refractivity contribution is 6.04. The van der Waals surface area contributed by atoms with Crippen LogP contribution in [0.15, 0.2) is 18.2 Å². The number of aliphatic hydroxyl groups excluding tert-OH is 1. The second kappa shape index (κ2) is 2.32. The van der Waals surface area contributed by atoms with Gasteiger partial charge in [-0.2, -0.15) is 0 Å². The highest BCUT2D eigenvalue weighted by Crippen LogP contribution is 2.29. The average molecular weight is 164 g/mol. The second-order valence-corrected chi connectivity index (χ2v) is 2.89. The molecule has 1 aliphatic rings. The number of Topliss-reactive ketones (excluding diaryl/α,β-unsaturated/α-hetero) is 1. The molecule has 3 heteroatoms. The van der Waals surface area contributed by atoms with Gasteiger partial charge in [0.25, 0.3) is 0 Å². The quantitative estimate of drug-likeness (QED) is 0.586. The van der Waals surface area contributed by atoms with Crippen LogP contribution in [0.3, 0.4) is 0 Å². The standard InChI is InChI=1S/C9H8O3/c10-7-3-1-2-5-6(7)4-8(11)9(5)12/h1-3,8,10-11H,4H2. The molecule has 0 spiro atoms. The number of fused-ring (bicyclic) bond motifs is 1. The largest absolute Gasteiger partial charge is 0.508 e. The minimum absolute atomic E-state index is 0.0948. The molecule has 0 heterocycles. The summed E-state index contributed by atoms with van der Waals surface area (Å²) in [4.78, 5) is 11.2. The summed E-state index contributed by atoms with van der Waals surface area (Å²) in [5, 5.41) is 18.5. The molecule has 0 saturated carbocycles. The van der Waals surface area contributed by atoms with E-state index in [1.807, 2.05) is 0 Å². The number of carbonyl (C=O) groups is 1. The maximum absolute atomic E-state index is 11.2. The Labute approximate surface area is 69.3 Å². The van der Waals surface area contributed by atoms with Crippen molar-refractivity contribution >= 4 is 5.78 Å². The molecule has 2 rings (SSSR count). The summed E-state index contributed by atoms with van der Waals surface area (Å²) in [5.41, 5.74) is 1.01. The minimum Gasteiger partial charge on any atom is -0.508 e. The van der Waals surface area contributed by atoms with Crippen molar-refractivity contribution in [2.45, 2.75) is 12.5 Å². The van der Waals surface area contributed by atoms with E-state index >= 15 is 0 Å². The van der Waals surface area contributed by atoms with Crippen molar-refractivity contribution in [1.82, 2.24) is 0 Å². The van der Waals surface area contributed by atoms with Gasteiger partial charge in [-0.1, -0.05) is 12.1 Å². The zero-order chi connectivity index (χ0) is 8.72. The molecule has 0 bridgehead atoms. The zero-order valence-corrected chi connectivity index (χ0v) is 6.32. The summed E-state index contributed by atoms with van der Waals surface area (Å²) >= 11 is 0. The fraction of sp³-hybridized carbons (Fsp3) is 0.222. The number of hydrogen-bond donors (Lipinski definition) is 2. The first-order valence-electron chi connectivity index (χ1n) is 3.73. The lowest BCUT2D eigenvalue weighted by molar-refractivity contribution is 0.0780. The van der Waals surface area contributed by atoms with Crippen LogP contribution >= 0.6 is 0 Å². The maximum atomic E-state index is 11.2. The number of aliphatic hydroxyl groups is 1. The predicted octanol–water partition coefficient (Wildman–Crippen LogP) is 0.492. The first kappa shape index (κ1) is 7.31. The monoisotopic (exact) mass is 164 g/mol. The van der Waals surface area contributed by atoms with Crippen LogP contribution in [0.1, 0.15) is 15.9 Å². The van der Waals surface area contributed by atoms with E-state index in [9.17, 15) is 15.0 Å². The molecule has 62 valence electrons. The Hall–Kier alpha value is -1.35. The van der Waals surface area contributed by atoms with Gasteiger partial charge >= 0.3 is 0 Å². The van der Waals surface area contributed by atoms with Crippen molar-refractivity contribution in [2.24, 2.45) is 0 Å². The molecule has 2 N–H and O–H groups in total. The molecule has 0 aliphatic heterocycles. The van der Waals surface area contributed by atoms with Crippen LogP contribution in [0.5, 0.6) is 5.75 Å². The zero-order valence-electron chi connectivity index (χ0n) is 6.32. The smallest absolute Gasteiger partial charge is 0.192 e. The second-order valence-electron chi connectivity index (χ2n) is 2.89. The summed E-state index contributed by atoms with van der Waals surface area (Å²) in [6.07, 6.45) is -0.728.